The number of hydrogen-bond donors (Lipinski definition) is 2. The van der Waals surface area contributed by atoms with Crippen LogP contribution in [0.2, 0.25) is 0 Å². The molecule has 0 saturated carbocycles. The largest absolute Gasteiger partial charge is 0.496 e. The van der Waals surface area contributed by atoms with Gasteiger partial charge in [-0.25, -0.2) is 0 Å². The van der Waals surface area contributed by atoms with E-state index in [0.717, 1.165) is 33.9 Å². The van der Waals surface area contributed by atoms with Crippen molar-refractivity contribution in [1.82, 2.24) is 0 Å². The van der Waals surface area contributed by atoms with Crippen molar-refractivity contribution in [3.8, 4) is 5.75 Å². The molecule has 0 heterocycles. The topological polar surface area (TPSA) is 47.3 Å². The maximum Gasteiger partial charge on any atom is 0.121 e. The maximum atomic E-state index is 5.89. The molecule has 0 fully saturated rings. The number of anilines is 3. The summed E-state index contributed by atoms with van der Waals surface area (Å²) in [6.45, 7) is 4.02. The van der Waals surface area contributed by atoms with Gasteiger partial charge in [-0.2, -0.15) is 0 Å². The number of benzene rings is 2. The Hall–Kier alpha value is -2.16. The fraction of sp³-hybridized carbons (Fsp3) is 0.200. The van der Waals surface area contributed by atoms with Crippen LogP contribution in [-0.4, -0.2) is 7.11 Å². The van der Waals surface area contributed by atoms with Crippen LogP contribution in [0.3, 0.4) is 0 Å². The molecule has 0 aliphatic heterocycles. The fourth-order valence-corrected chi connectivity index (χ4v) is 1.84. The Morgan fingerprint density at radius 1 is 0.944 bits per heavy atom. The summed E-state index contributed by atoms with van der Waals surface area (Å²) in [6.07, 6.45) is 0. The van der Waals surface area contributed by atoms with E-state index in [-0.39, 0.29) is 0 Å². The van der Waals surface area contributed by atoms with Crippen LogP contribution in [-0.2, 0) is 0 Å². The van der Waals surface area contributed by atoms with Gasteiger partial charge in [-0.3, -0.25) is 0 Å². The highest BCUT2D eigenvalue weighted by Gasteiger charge is 2.01. The van der Waals surface area contributed by atoms with Gasteiger partial charge >= 0.3 is 0 Å². The highest BCUT2D eigenvalue weighted by molar-refractivity contribution is 5.66. The molecule has 0 spiro atoms. The van der Waals surface area contributed by atoms with E-state index in [1.165, 1.54) is 0 Å². The van der Waals surface area contributed by atoms with Crippen LogP contribution in [0, 0.1) is 13.8 Å². The molecule has 2 rings (SSSR count). The van der Waals surface area contributed by atoms with E-state index >= 15 is 0 Å². The molecule has 0 amide bonds. The SMILES string of the molecule is COc1ccc(Nc2ccc(C)c(N)c2)cc1C. The third-order valence-corrected chi connectivity index (χ3v) is 2.96. The lowest BCUT2D eigenvalue weighted by Crippen LogP contribution is -1.95. The van der Waals surface area contributed by atoms with Gasteiger partial charge in [0.2, 0.25) is 0 Å². The van der Waals surface area contributed by atoms with Crippen molar-refractivity contribution in [1.29, 1.82) is 0 Å². The number of nitrogen functional groups attached to an aromatic ring is 1. The van der Waals surface area contributed by atoms with E-state index in [2.05, 4.69) is 11.4 Å². The van der Waals surface area contributed by atoms with Crippen molar-refractivity contribution in [3.63, 3.8) is 0 Å². The summed E-state index contributed by atoms with van der Waals surface area (Å²) >= 11 is 0. The van der Waals surface area contributed by atoms with E-state index in [1.54, 1.807) is 7.11 Å². The van der Waals surface area contributed by atoms with Crippen molar-refractivity contribution in [2.24, 2.45) is 0 Å². The second kappa shape index (κ2) is 5.00. The van der Waals surface area contributed by atoms with E-state index in [0.29, 0.717) is 0 Å². The molecule has 0 aliphatic carbocycles. The van der Waals surface area contributed by atoms with Gasteiger partial charge in [0.05, 0.1) is 7.11 Å². The van der Waals surface area contributed by atoms with Gasteiger partial charge in [0, 0.05) is 17.1 Å². The minimum atomic E-state index is 0.797. The zero-order valence-electron chi connectivity index (χ0n) is 10.9. The number of nitrogens with one attached hydrogen (secondary N) is 1. The summed E-state index contributed by atoms with van der Waals surface area (Å²) in [4.78, 5) is 0. The Bertz CT molecular complexity index is 564. The molecule has 0 bridgehead atoms. The smallest absolute Gasteiger partial charge is 0.121 e. The maximum absolute atomic E-state index is 5.89. The Kier molecular flexibility index (Phi) is 3.42. The van der Waals surface area contributed by atoms with Gasteiger partial charge in [-0.15, -0.1) is 0 Å². The molecule has 2 aromatic rings. The first kappa shape index (κ1) is 12.3. The van der Waals surface area contributed by atoms with E-state index < -0.39 is 0 Å². The second-order valence-corrected chi connectivity index (χ2v) is 4.38. The average molecular weight is 242 g/mol. The molecule has 3 heteroatoms. The van der Waals surface area contributed by atoms with Crippen LogP contribution in [0.4, 0.5) is 17.1 Å². The Labute approximate surface area is 108 Å². The molecule has 0 aromatic heterocycles. The molecular weight excluding hydrogens is 224 g/mol. The fourth-order valence-electron chi connectivity index (χ4n) is 1.84. The zero-order valence-corrected chi connectivity index (χ0v) is 10.9. The molecule has 18 heavy (non-hydrogen) atoms. The predicted molar refractivity (Wildman–Crippen MR) is 76.6 cm³/mol. The predicted octanol–water partition coefficient (Wildman–Crippen LogP) is 3.64. The Morgan fingerprint density at radius 2 is 1.61 bits per heavy atom. The molecule has 0 saturated heterocycles. The summed E-state index contributed by atoms with van der Waals surface area (Å²) < 4.78 is 5.24. The van der Waals surface area contributed by atoms with Gasteiger partial charge < -0.3 is 15.8 Å². The first-order chi connectivity index (χ1) is 8.60. The van der Waals surface area contributed by atoms with Crippen molar-refractivity contribution in [2.45, 2.75) is 13.8 Å². The number of ether oxygens (including phenoxy) is 1. The number of nitrogens with two attached hydrogens (primary N) is 1. The zero-order chi connectivity index (χ0) is 13.1. The summed E-state index contributed by atoms with van der Waals surface area (Å²) in [7, 11) is 1.68. The molecule has 94 valence electrons. The van der Waals surface area contributed by atoms with E-state index in [9.17, 15) is 0 Å². The normalized spacial score (nSPS) is 10.2. The summed E-state index contributed by atoms with van der Waals surface area (Å²) in [5.41, 5.74) is 10.9. The third-order valence-electron chi connectivity index (χ3n) is 2.96. The van der Waals surface area contributed by atoms with Gasteiger partial charge in [0.15, 0.2) is 0 Å². The first-order valence-corrected chi connectivity index (χ1v) is 5.88. The summed E-state index contributed by atoms with van der Waals surface area (Å²) in [5, 5.41) is 3.33. The molecule has 3 N–H and O–H groups in total. The minimum Gasteiger partial charge on any atom is -0.496 e. The molecule has 0 aliphatic rings. The molecule has 0 radical (unpaired) electrons. The lowest BCUT2D eigenvalue weighted by Gasteiger charge is -2.11. The highest BCUT2D eigenvalue weighted by Crippen LogP contribution is 2.25. The second-order valence-electron chi connectivity index (χ2n) is 4.38. The number of methoxy groups -OCH3 is 1. The van der Waals surface area contributed by atoms with Gasteiger partial charge in [0.25, 0.3) is 0 Å². The van der Waals surface area contributed by atoms with Crippen LogP contribution in [0.25, 0.3) is 0 Å². The Balaban J connectivity index is 2.23. The lowest BCUT2D eigenvalue weighted by atomic mass is 10.1. The third kappa shape index (κ3) is 2.56. The molecule has 0 unspecified atom stereocenters. The highest BCUT2D eigenvalue weighted by atomic mass is 16.5. The van der Waals surface area contributed by atoms with Crippen molar-refractivity contribution in [2.75, 3.05) is 18.2 Å². The molecule has 0 atom stereocenters. The van der Waals surface area contributed by atoms with Gasteiger partial charge in [-0.1, -0.05) is 6.07 Å². The molecular formula is C15H18N2O. The average Bonchev–Trinajstić information content (AvgIpc) is 2.34. The van der Waals surface area contributed by atoms with Crippen molar-refractivity contribution < 1.29 is 4.74 Å². The number of rotatable bonds is 3. The molecule has 2 aromatic carbocycles. The Morgan fingerprint density at radius 3 is 2.22 bits per heavy atom. The first-order valence-electron chi connectivity index (χ1n) is 5.88. The van der Waals surface area contributed by atoms with Gasteiger partial charge in [0.1, 0.15) is 5.75 Å². The quantitative estimate of drug-likeness (QED) is 0.808. The van der Waals surface area contributed by atoms with Crippen LogP contribution < -0.4 is 15.8 Å². The molecule has 3 nitrogen and oxygen atoms in total. The summed E-state index contributed by atoms with van der Waals surface area (Å²) in [6, 6.07) is 12.0. The standard InChI is InChI=1S/C15H18N2O/c1-10-4-5-13(9-14(10)16)17-12-6-7-15(18-3)11(2)8-12/h4-9,17H,16H2,1-3H3. The van der Waals surface area contributed by atoms with Gasteiger partial charge in [-0.05, 0) is 55.3 Å². The van der Waals surface area contributed by atoms with E-state index in [4.69, 9.17) is 10.5 Å². The number of hydrogen-bond acceptors (Lipinski definition) is 3. The minimum absolute atomic E-state index is 0.797. The van der Waals surface area contributed by atoms with Crippen LogP contribution in [0.15, 0.2) is 36.4 Å². The van der Waals surface area contributed by atoms with Crippen LogP contribution in [0.1, 0.15) is 11.1 Å². The lowest BCUT2D eigenvalue weighted by molar-refractivity contribution is 0.412. The summed E-state index contributed by atoms with van der Waals surface area (Å²) in [5.74, 6) is 0.893. The van der Waals surface area contributed by atoms with Crippen LogP contribution >= 0.6 is 0 Å². The van der Waals surface area contributed by atoms with Crippen LogP contribution in [0.5, 0.6) is 5.75 Å². The van der Waals surface area contributed by atoms with Crippen molar-refractivity contribution in [3.05, 3.63) is 47.5 Å². The van der Waals surface area contributed by atoms with Crippen molar-refractivity contribution >= 4 is 17.1 Å². The number of aryl methyl sites for hydroxylation is 2. The van der Waals surface area contributed by atoms with E-state index in [1.807, 2.05) is 44.2 Å². The monoisotopic (exact) mass is 242 g/mol.